The molecule has 17 heavy (non-hydrogen) atoms. The maximum atomic E-state index is 5.81. The number of nitrogens with two attached hydrogens (primary N) is 1. The molecule has 4 nitrogen and oxygen atoms in total. The molecule has 1 unspecified atom stereocenters. The summed E-state index contributed by atoms with van der Waals surface area (Å²) in [5.74, 6) is 1.63. The number of imidazole rings is 1. The molecular weight excluding hydrogens is 214 g/mol. The number of hydrogen-bond acceptors (Lipinski definition) is 3. The third-order valence-electron chi connectivity index (χ3n) is 2.68. The zero-order chi connectivity index (χ0) is 12.4. The van der Waals surface area contributed by atoms with Crippen LogP contribution in [0.3, 0.4) is 0 Å². The van der Waals surface area contributed by atoms with Gasteiger partial charge < -0.3 is 15.5 Å². The average molecular weight is 231 g/mol. The Bertz CT molecular complexity index is 517. The number of aryl methyl sites for hydroxylation is 1. The van der Waals surface area contributed by atoms with Crippen LogP contribution >= 0.6 is 0 Å². The summed E-state index contributed by atoms with van der Waals surface area (Å²) in [7, 11) is 1.66. The summed E-state index contributed by atoms with van der Waals surface area (Å²) in [6.45, 7) is 3.90. The van der Waals surface area contributed by atoms with Crippen molar-refractivity contribution in [3.8, 4) is 17.0 Å². The number of aromatic nitrogens is 2. The fraction of sp³-hybridized carbons (Fsp3) is 0.308. The molecule has 90 valence electrons. The van der Waals surface area contributed by atoms with Gasteiger partial charge in [0.25, 0.3) is 0 Å². The molecular formula is C13H17N3O. The van der Waals surface area contributed by atoms with Crippen molar-refractivity contribution < 1.29 is 4.74 Å². The van der Waals surface area contributed by atoms with Crippen LogP contribution in [0, 0.1) is 6.92 Å². The van der Waals surface area contributed by atoms with Crippen LogP contribution in [0.5, 0.6) is 5.75 Å². The molecule has 0 aliphatic heterocycles. The smallest absolute Gasteiger partial charge is 0.123 e. The van der Waals surface area contributed by atoms with Gasteiger partial charge in [-0.3, -0.25) is 0 Å². The highest BCUT2D eigenvalue weighted by Crippen LogP contribution is 2.25. The number of nitrogens with zero attached hydrogens (tertiary/aromatic N) is 1. The molecule has 0 saturated carbocycles. The molecule has 2 aromatic rings. The second-order valence-corrected chi connectivity index (χ2v) is 4.12. The molecule has 0 saturated heterocycles. The normalized spacial score (nSPS) is 12.5. The largest absolute Gasteiger partial charge is 0.497 e. The predicted molar refractivity (Wildman–Crippen MR) is 67.9 cm³/mol. The van der Waals surface area contributed by atoms with Gasteiger partial charge in [-0.25, -0.2) is 4.98 Å². The van der Waals surface area contributed by atoms with Gasteiger partial charge in [0, 0.05) is 11.3 Å². The van der Waals surface area contributed by atoms with E-state index in [1.165, 1.54) is 0 Å². The monoisotopic (exact) mass is 231 g/mol. The second kappa shape index (κ2) is 4.59. The number of benzene rings is 1. The Kier molecular flexibility index (Phi) is 3.15. The van der Waals surface area contributed by atoms with E-state index in [9.17, 15) is 0 Å². The maximum Gasteiger partial charge on any atom is 0.123 e. The Balaban J connectivity index is 2.45. The number of nitrogens with one attached hydrogen (secondary N) is 1. The molecule has 0 aliphatic carbocycles. The number of hydrogen-bond donors (Lipinski definition) is 2. The fourth-order valence-electron chi connectivity index (χ4n) is 1.75. The van der Waals surface area contributed by atoms with E-state index >= 15 is 0 Å². The summed E-state index contributed by atoms with van der Waals surface area (Å²) in [6, 6.07) is 7.75. The van der Waals surface area contributed by atoms with Gasteiger partial charge in [-0.1, -0.05) is 12.1 Å². The summed E-state index contributed by atoms with van der Waals surface area (Å²) in [4.78, 5) is 7.72. The van der Waals surface area contributed by atoms with Crippen LogP contribution in [-0.2, 0) is 0 Å². The third kappa shape index (κ3) is 2.31. The average Bonchev–Trinajstić information content (AvgIpc) is 2.72. The van der Waals surface area contributed by atoms with Gasteiger partial charge in [-0.15, -0.1) is 0 Å². The topological polar surface area (TPSA) is 63.9 Å². The minimum Gasteiger partial charge on any atom is -0.497 e. The Morgan fingerprint density at radius 2 is 2.18 bits per heavy atom. The Morgan fingerprint density at radius 1 is 1.41 bits per heavy atom. The maximum absolute atomic E-state index is 5.81. The van der Waals surface area contributed by atoms with E-state index in [-0.39, 0.29) is 6.04 Å². The molecule has 1 aromatic heterocycles. The van der Waals surface area contributed by atoms with Crippen molar-refractivity contribution in [2.24, 2.45) is 5.73 Å². The Hall–Kier alpha value is -1.81. The van der Waals surface area contributed by atoms with Crippen LogP contribution < -0.4 is 10.5 Å². The molecule has 0 fully saturated rings. The molecule has 2 rings (SSSR count). The van der Waals surface area contributed by atoms with Crippen molar-refractivity contribution in [2.75, 3.05) is 7.11 Å². The van der Waals surface area contributed by atoms with E-state index in [4.69, 9.17) is 10.5 Å². The summed E-state index contributed by atoms with van der Waals surface area (Å²) in [6.07, 6.45) is 0. The zero-order valence-electron chi connectivity index (χ0n) is 10.3. The van der Waals surface area contributed by atoms with Gasteiger partial charge in [0.1, 0.15) is 11.6 Å². The SMILES string of the molecule is COc1cccc(-c2nc(C(C)N)[nH]c2C)c1. The summed E-state index contributed by atoms with van der Waals surface area (Å²) in [5, 5.41) is 0. The van der Waals surface area contributed by atoms with Gasteiger partial charge >= 0.3 is 0 Å². The van der Waals surface area contributed by atoms with Gasteiger partial charge in [0.15, 0.2) is 0 Å². The highest BCUT2D eigenvalue weighted by Gasteiger charge is 2.11. The standard InChI is InChI=1S/C13H17N3O/c1-8(14)13-15-9(2)12(16-13)10-5-4-6-11(7-10)17-3/h4-8H,14H2,1-3H3,(H,15,16). The third-order valence-corrected chi connectivity index (χ3v) is 2.68. The van der Waals surface area contributed by atoms with E-state index < -0.39 is 0 Å². The Morgan fingerprint density at radius 3 is 2.76 bits per heavy atom. The zero-order valence-corrected chi connectivity index (χ0v) is 10.3. The first-order valence-electron chi connectivity index (χ1n) is 5.58. The number of ether oxygens (including phenoxy) is 1. The minimum atomic E-state index is -0.0898. The van der Waals surface area contributed by atoms with Crippen molar-refractivity contribution in [2.45, 2.75) is 19.9 Å². The number of methoxy groups -OCH3 is 1. The highest BCUT2D eigenvalue weighted by atomic mass is 16.5. The lowest BCUT2D eigenvalue weighted by Crippen LogP contribution is -2.06. The molecule has 4 heteroatoms. The van der Waals surface area contributed by atoms with Crippen LogP contribution in [-0.4, -0.2) is 17.1 Å². The van der Waals surface area contributed by atoms with E-state index in [0.717, 1.165) is 28.5 Å². The molecule has 0 aliphatic rings. The van der Waals surface area contributed by atoms with E-state index in [2.05, 4.69) is 9.97 Å². The first kappa shape index (κ1) is 11.7. The summed E-state index contributed by atoms with van der Waals surface area (Å²) in [5.41, 5.74) is 8.79. The van der Waals surface area contributed by atoms with Crippen LogP contribution in [0.4, 0.5) is 0 Å². The lowest BCUT2D eigenvalue weighted by molar-refractivity contribution is 0.415. The van der Waals surface area contributed by atoms with Crippen molar-refractivity contribution >= 4 is 0 Å². The first-order valence-corrected chi connectivity index (χ1v) is 5.58. The van der Waals surface area contributed by atoms with Crippen molar-refractivity contribution in [1.82, 2.24) is 9.97 Å². The van der Waals surface area contributed by atoms with Gasteiger partial charge in [-0.05, 0) is 26.0 Å². The molecule has 1 aromatic carbocycles. The van der Waals surface area contributed by atoms with Crippen LogP contribution in [0.1, 0.15) is 24.5 Å². The lowest BCUT2D eigenvalue weighted by atomic mass is 10.1. The van der Waals surface area contributed by atoms with E-state index in [1.54, 1.807) is 7.11 Å². The quantitative estimate of drug-likeness (QED) is 0.852. The van der Waals surface area contributed by atoms with Crippen molar-refractivity contribution in [1.29, 1.82) is 0 Å². The summed E-state index contributed by atoms with van der Waals surface area (Å²) < 4.78 is 5.21. The molecule has 1 atom stereocenters. The van der Waals surface area contributed by atoms with Crippen molar-refractivity contribution in [3.63, 3.8) is 0 Å². The molecule has 0 amide bonds. The van der Waals surface area contributed by atoms with Crippen molar-refractivity contribution in [3.05, 3.63) is 35.8 Å². The Labute approximate surface area is 101 Å². The van der Waals surface area contributed by atoms with Gasteiger partial charge in [0.05, 0.1) is 18.8 Å². The van der Waals surface area contributed by atoms with Crippen LogP contribution in [0.15, 0.2) is 24.3 Å². The first-order chi connectivity index (χ1) is 8.11. The molecule has 0 bridgehead atoms. The predicted octanol–water partition coefficient (Wildman–Crippen LogP) is 2.41. The molecule has 0 radical (unpaired) electrons. The highest BCUT2D eigenvalue weighted by molar-refractivity contribution is 5.63. The number of rotatable bonds is 3. The molecule has 3 N–H and O–H groups in total. The van der Waals surface area contributed by atoms with E-state index in [0.29, 0.717) is 0 Å². The fourth-order valence-corrected chi connectivity index (χ4v) is 1.75. The van der Waals surface area contributed by atoms with Gasteiger partial charge in [0.2, 0.25) is 0 Å². The number of aromatic amines is 1. The minimum absolute atomic E-state index is 0.0898. The summed E-state index contributed by atoms with van der Waals surface area (Å²) >= 11 is 0. The van der Waals surface area contributed by atoms with Crippen LogP contribution in [0.25, 0.3) is 11.3 Å². The number of H-pyrrole nitrogens is 1. The lowest BCUT2D eigenvalue weighted by Gasteiger charge is -2.02. The molecule has 1 heterocycles. The van der Waals surface area contributed by atoms with Crippen LogP contribution in [0.2, 0.25) is 0 Å². The molecule has 0 spiro atoms. The van der Waals surface area contributed by atoms with E-state index in [1.807, 2.05) is 38.1 Å². The van der Waals surface area contributed by atoms with Gasteiger partial charge in [-0.2, -0.15) is 0 Å². The second-order valence-electron chi connectivity index (χ2n) is 4.12.